The van der Waals surface area contributed by atoms with Crippen molar-refractivity contribution in [3.63, 3.8) is 0 Å². The van der Waals surface area contributed by atoms with Gasteiger partial charge in [0, 0.05) is 6.54 Å². The molecule has 0 bridgehead atoms. The summed E-state index contributed by atoms with van der Waals surface area (Å²) in [5.41, 5.74) is 0. The number of hydrogen-bond donors (Lipinski definition) is 3. The molecule has 0 saturated heterocycles. The van der Waals surface area contributed by atoms with E-state index in [9.17, 15) is 19.4 Å². The normalized spacial score (nSPS) is 15.8. The number of nitrogens with zero attached hydrogens (tertiary/aromatic N) is 1. The van der Waals surface area contributed by atoms with Crippen LogP contribution in [0.25, 0.3) is 0 Å². The number of aliphatic hydroxyl groups excluding tert-OH is 1. The molecule has 0 rings (SSSR count). The molecule has 0 aliphatic carbocycles. The number of likely N-dealkylation sites (N-methyl/N-ethyl adjacent to an activating group) is 1. The fourth-order valence-electron chi connectivity index (χ4n) is 0.887. The molecule has 0 aliphatic rings. The fraction of sp³-hybridized carbons (Fsp3) is 0.889. The van der Waals surface area contributed by atoms with E-state index in [1.54, 1.807) is 19.0 Å². The molecule has 3 N–H and O–H groups in total. The largest absolute Gasteiger partial charge is 0.472 e. The molecule has 0 aromatic heterocycles. The zero-order valence-corrected chi connectivity index (χ0v) is 14.4. The predicted octanol–water partition coefficient (Wildman–Crippen LogP) is 0.319. The minimum atomic E-state index is -4.21. The molecule has 9 nitrogen and oxygen atoms in total. The highest BCUT2D eigenvalue weighted by Gasteiger charge is 2.23. The Kier molecular flexibility index (Phi) is 10.7. The second-order valence-corrected chi connectivity index (χ2v) is 6.98. The number of halogens is 1. The van der Waals surface area contributed by atoms with Crippen molar-refractivity contribution in [1.82, 2.24) is 4.90 Å². The third-order valence-corrected chi connectivity index (χ3v) is 3.82. The van der Waals surface area contributed by atoms with Crippen LogP contribution < -0.4 is 0 Å². The van der Waals surface area contributed by atoms with E-state index in [2.05, 4.69) is 13.8 Å². The zero-order valence-electron chi connectivity index (χ0n) is 11.3. The van der Waals surface area contributed by atoms with E-state index in [1.165, 1.54) is 0 Å². The van der Waals surface area contributed by atoms with E-state index in [4.69, 9.17) is 3.56 Å². The molecule has 0 spiro atoms. The summed E-state index contributed by atoms with van der Waals surface area (Å²) in [6.07, 6.45) is -1.22. The third kappa shape index (κ3) is 11.8. The Balaban J connectivity index is 3.85. The molecule has 11 heteroatoms. The molecular weight excluding hydrogens is 406 g/mol. The summed E-state index contributed by atoms with van der Waals surface area (Å²) in [4.78, 5) is 22.0. The van der Waals surface area contributed by atoms with Crippen molar-refractivity contribution >= 4 is 34.8 Å². The van der Waals surface area contributed by atoms with Crippen molar-refractivity contribution in [2.24, 2.45) is 0 Å². The maximum absolute atomic E-state index is 11.4. The molecular formula is C9H20IN2O7P. The van der Waals surface area contributed by atoms with Gasteiger partial charge in [-0.05, 0) is 35.1 Å². The molecule has 0 heterocycles. The number of phosphoric acid groups is 1. The summed E-state index contributed by atoms with van der Waals surface area (Å²) in [7, 11) is -0.651. The number of phosphoric ester groups is 1. The van der Waals surface area contributed by atoms with E-state index < -0.39 is 47.5 Å². The smallest absolute Gasteiger partial charge is 0.462 e. The van der Waals surface area contributed by atoms with E-state index in [1.807, 2.05) is 0 Å². The predicted molar refractivity (Wildman–Crippen MR) is 78.9 cm³/mol. The summed E-state index contributed by atoms with van der Waals surface area (Å²) in [5.74, 6) is -0.568. The summed E-state index contributed by atoms with van der Waals surface area (Å²) in [5, 5.41) is 9.41. The summed E-state index contributed by atoms with van der Waals surface area (Å²) < 4.78 is 32.2. The van der Waals surface area contributed by atoms with Crippen molar-refractivity contribution in [2.45, 2.75) is 6.10 Å². The van der Waals surface area contributed by atoms with Crippen molar-refractivity contribution in [3.8, 4) is 0 Å². The van der Waals surface area contributed by atoms with E-state index in [0.29, 0.717) is 6.54 Å². The van der Waals surface area contributed by atoms with E-state index in [0.717, 1.165) is 0 Å². The Morgan fingerprint density at radius 3 is 2.60 bits per heavy atom. The molecule has 120 valence electrons. The van der Waals surface area contributed by atoms with Gasteiger partial charge in [-0.25, -0.2) is 4.57 Å². The lowest BCUT2D eigenvalue weighted by atomic mass is 10.4. The zero-order chi connectivity index (χ0) is 15.6. The van der Waals surface area contributed by atoms with E-state index in [-0.39, 0.29) is 17.6 Å². The van der Waals surface area contributed by atoms with Crippen molar-refractivity contribution in [2.75, 3.05) is 44.9 Å². The number of esters is 1. The first kappa shape index (κ1) is 20.0. The first-order valence-corrected chi connectivity index (χ1v) is 9.72. The van der Waals surface area contributed by atoms with Gasteiger partial charge in [-0.1, -0.05) is 0 Å². The molecule has 0 saturated carbocycles. The molecule has 2 unspecified atom stereocenters. The van der Waals surface area contributed by atoms with Gasteiger partial charge in [-0.15, -0.1) is 0 Å². The lowest BCUT2D eigenvalue weighted by molar-refractivity contribution is -0.143. The monoisotopic (exact) mass is 426 g/mol. The Labute approximate surface area is 127 Å². The van der Waals surface area contributed by atoms with Crippen LogP contribution in [0.2, 0.25) is 0 Å². The Morgan fingerprint density at radius 2 is 2.05 bits per heavy atom. The number of carbonyl (C=O) groups excluding carboxylic acids is 1. The summed E-state index contributed by atoms with van der Waals surface area (Å²) in [6.45, 7) is -0.372. The van der Waals surface area contributed by atoms with Crippen LogP contribution in [-0.2, 0) is 23.1 Å². The van der Waals surface area contributed by atoms with Gasteiger partial charge in [0.05, 0.1) is 13.2 Å². The average molecular weight is 426 g/mol. The van der Waals surface area contributed by atoms with Gasteiger partial charge in [-0.3, -0.25) is 17.4 Å². The lowest BCUT2D eigenvalue weighted by Gasteiger charge is -2.16. The Hall–Kier alpha value is 0.0300. The number of hydrogen-bond acceptors (Lipinski definition) is 8. The van der Waals surface area contributed by atoms with Gasteiger partial charge in [0.25, 0.3) is 0 Å². The molecule has 20 heavy (non-hydrogen) atoms. The van der Waals surface area contributed by atoms with Gasteiger partial charge in [0.15, 0.2) is 0 Å². The number of nitrogens with one attached hydrogen (secondary N) is 1. The Bertz CT molecular complexity index is 355. The topological polar surface area (TPSA) is 129 Å². The Morgan fingerprint density at radius 1 is 1.40 bits per heavy atom. The standard InChI is InChI=1S/C9H20IN2O7P/c1-12(2)3-4-18-20(15,16)19-7-8(13)6-17-9(14)5-10-11/h8,11,13H,3-7H2,1-2H3,(H,15,16). The van der Waals surface area contributed by atoms with Crippen LogP contribution in [0.1, 0.15) is 0 Å². The first-order chi connectivity index (χ1) is 9.26. The maximum atomic E-state index is 11.4. The molecule has 0 aliphatic heterocycles. The molecule has 0 fully saturated rings. The highest BCUT2D eigenvalue weighted by Crippen LogP contribution is 2.42. The van der Waals surface area contributed by atoms with Crippen LogP contribution >= 0.6 is 28.9 Å². The van der Waals surface area contributed by atoms with Crippen LogP contribution in [0.3, 0.4) is 0 Å². The quantitative estimate of drug-likeness (QED) is 0.187. The van der Waals surface area contributed by atoms with Crippen molar-refractivity contribution < 1.29 is 33.1 Å². The van der Waals surface area contributed by atoms with Gasteiger partial charge in [0.2, 0.25) is 0 Å². The van der Waals surface area contributed by atoms with Gasteiger partial charge >= 0.3 is 13.8 Å². The molecule has 0 aromatic rings. The third-order valence-electron chi connectivity index (χ3n) is 1.84. The van der Waals surface area contributed by atoms with E-state index >= 15 is 0 Å². The van der Waals surface area contributed by atoms with Gasteiger partial charge < -0.3 is 19.6 Å². The molecule has 0 radical (unpaired) electrons. The molecule has 0 amide bonds. The fourth-order valence-corrected chi connectivity index (χ4v) is 2.17. The maximum Gasteiger partial charge on any atom is 0.472 e. The van der Waals surface area contributed by atoms with Crippen LogP contribution in [-0.4, -0.2) is 71.9 Å². The molecule has 2 atom stereocenters. The number of carbonyl (C=O) groups is 1. The van der Waals surface area contributed by atoms with Crippen LogP contribution in [0.15, 0.2) is 0 Å². The van der Waals surface area contributed by atoms with Crippen LogP contribution in [0.5, 0.6) is 0 Å². The van der Waals surface area contributed by atoms with Crippen LogP contribution in [0.4, 0.5) is 0 Å². The van der Waals surface area contributed by atoms with Gasteiger partial charge in [0.1, 0.15) is 17.1 Å². The second-order valence-electron chi connectivity index (χ2n) is 4.00. The number of ether oxygens (including phenoxy) is 1. The van der Waals surface area contributed by atoms with Gasteiger partial charge in [-0.2, -0.15) is 0 Å². The number of aliphatic hydroxyl groups is 1. The first-order valence-electron chi connectivity index (χ1n) is 5.62. The van der Waals surface area contributed by atoms with Crippen molar-refractivity contribution in [3.05, 3.63) is 0 Å². The minimum Gasteiger partial charge on any atom is -0.462 e. The highest BCUT2D eigenvalue weighted by molar-refractivity contribution is 14.1. The lowest BCUT2D eigenvalue weighted by Crippen LogP contribution is -2.24. The average Bonchev–Trinajstić information content (AvgIpc) is 2.33. The van der Waals surface area contributed by atoms with Crippen LogP contribution in [0, 0.1) is 3.56 Å². The molecule has 0 aromatic carbocycles. The number of rotatable bonds is 11. The second kappa shape index (κ2) is 10.7. The SMILES string of the molecule is CN(C)CCOP(=O)(O)OCC(O)COC(=O)CI=N. The minimum absolute atomic E-state index is 0.0129. The van der Waals surface area contributed by atoms with Crippen molar-refractivity contribution in [1.29, 1.82) is 3.56 Å². The summed E-state index contributed by atoms with van der Waals surface area (Å²) in [6, 6.07) is 0. The number of alkyl halides is 1. The summed E-state index contributed by atoms with van der Waals surface area (Å²) >= 11 is -0.951. The highest BCUT2D eigenvalue weighted by atomic mass is 127.